The third kappa shape index (κ3) is 2.46. The van der Waals surface area contributed by atoms with Crippen LogP contribution in [-0.4, -0.2) is 11.5 Å². The molecule has 5 rings (SSSR count). The van der Waals surface area contributed by atoms with Gasteiger partial charge in [0.25, 0.3) is 0 Å². The van der Waals surface area contributed by atoms with Crippen molar-refractivity contribution in [2.75, 3.05) is 0 Å². The van der Waals surface area contributed by atoms with Crippen molar-refractivity contribution < 1.29 is 9.63 Å². The number of hydrogen-bond donors (Lipinski definition) is 0. The minimum atomic E-state index is -0.988. The van der Waals surface area contributed by atoms with E-state index in [9.17, 15) is 4.79 Å². The van der Waals surface area contributed by atoms with Crippen molar-refractivity contribution in [3.63, 3.8) is 0 Å². The lowest BCUT2D eigenvalue weighted by Crippen LogP contribution is -2.49. The number of Topliss-reactive ketones (excluding diaryl/α,β-unsaturated/α-hetero) is 1. The summed E-state index contributed by atoms with van der Waals surface area (Å²) in [5.74, 6) is 0.125. The third-order valence-corrected chi connectivity index (χ3v) is 6.77. The number of rotatable bonds is 5. The first kappa shape index (κ1) is 19.5. The average molecular weight is 408 g/mol. The molecule has 3 aromatic carbocycles. The topological polar surface area (TPSA) is 38.7 Å². The first-order valence-electron chi connectivity index (χ1n) is 10.9. The average Bonchev–Trinajstić information content (AvgIpc) is 3.30. The molecular weight excluding hydrogens is 382 g/mol. The number of fused-ring (bicyclic) bond motifs is 1. The van der Waals surface area contributed by atoms with Gasteiger partial charge >= 0.3 is 0 Å². The second kappa shape index (κ2) is 7.35. The van der Waals surface area contributed by atoms with E-state index in [1.54, 1.807) is 0 Å². The molecule has 0 bridgehead atoms. The summed E-state index contributed by atoms with van der Waals surface area (Å²) in [6.07, 6.45) is 1.24. The van der Waals surface area contributed by atoms with Crippen LogP contribution in [0.3, 0.4) is 0 Å². The van der Waals surface area contributed by atoms with Gasteiger partial charge in [0.15, 0.2) is 5.78 Å². The summed E-state index contributed by atoms with van der Waals surface area (Å²) in [6, 6.07) is 30.2. The molecule has 0 saturated heterocycles. The summed E-state index contributed by atoms with van der Waals surface area (Å²) in [4.78, 5) is 20.8. The van der Waals surface area contributed by atoms with Crippen molar-refractivity contribution in [2.24, 2.45) is 10.6 Å². The summed E-state index contributed by atoms with van der Waals surface area (Å²) in [5, 5.41) is 4.64. The Morgan fingerprint density at radius 1 is 0.774 bits per heavy atom. The van der Waals surface area contributed by atoms with Crippen LogP contribution >= 0.6 is 0 Å². The van der Waals surface area contributed by atoms with Crippen LogP contribution < -0.4 is 0 Å². The minimum absolute atomic E-state index is 0.125. The summed E-state index contributed by atoms with van der Waals surface area (Å²) < 4.78 is 0. The van der Waals surface area contributed by atoms with Crippen molar-refractivity contribution in [3.8, 4) is 0 Å². The second-order valence-corrected chi connectivity index (χ2v) is 8.11. The molecular formula is C28H25NO2. The number of allylic oxidation sites excluding steroid dienone is 1. The van der Waals surface area contributed by atoms with E-state index in [-0.39, 0.29) is 5.78 Å². The molecule has 0 radical (unpaired) electrons. The fraction of sp³-hybridized carbons (Fsp3) is 0.214. The van der Waals surface area contributed by atoms with Gasteiger partial charge in [-0.25, -0.2) is 0 Å². The summed E-state index contributed by atoms with van der Waals surface area (Å²) in [5.41, 5.74) is 3.51. The molecule has 0 N–H and O–H groups in total. The van der Waals surface area contributed by atoms with Crippen LogP contribution in [0.1, 0.15) is 43.4 Å². The zero-order chi connectivity index (χ0) is 21.5. The van der Waals surface area contributed by atoms with Gasteiger partial charge in [0.2, 0.25) is 5.60 Å². The molecule has 3 nitrogen and oxygen atoms in total. The van der Waals surface area contributed by atoms with E-state index in [0.29, 0.717) is 12.8 Å². The second-order valence-electron chi connectivity index (χ2n) is 8.11. The molecule has 31 heavy (non-hydrogen) atoms. The van der Waals surface area contributed by atoms with E-state index in [1.165, 1.54) is 0 Å². The summed E-state index contributed by atoms with van der Waals surface area (Å²) >= 11 is 0. The SMILES string of the molecule is CCC1=C(c2ccccc2)[C@@]2(c3ccccc3)ON=C(c3ccccc3)[C@@]2(CC)C1=O. The van der Waals surface area contributed by atoms with Gasteiger partial charge < -0.3 is 4.84 Å². The van der Waals surface area contributed by atoms with Gasteiger partial charge in [-0.2, -0.15) is 0 Å². The van der Waals surface area contributed by atoms with Crippen LogP contribution in [0.15, 0.2) is 102 Å². The van der Waals surface area contributed by atoms with Crippen molar-refractivity contribution in [1.82, 2.24) is 0 Å². The lowest BCUT2D eigenvalue weighted by Gasteiger charge is -2.39. The highest BCUT2D eigenvalue weighted by Crippen LogP contribution is 2.65. The monoisotopic (exact) mass is 407 g/mol. The van der Waals surface area contributed by atoms with Crippen molar-refractivity contribution in [1.29, 1.82) is 0 Å². The number of hydrogen-bond acceptors (Lipinski definition) is 3. The Labute approximate surface area is 183 Å². The maximum Gasteiger partial charge on any atom is 0.207 e. The largest absolute Gasteiger partial charge is 0.378 e. The normalized spacial score (nSPS) is 24.7. The number of oxime groups is 1. The molecule has 0 unspecified atom stereocenters. The molecule has 3 heteroatoms. The molecule has 1 aliphatic carbocycles. The predicted octanol–water partition coefficient (Wildman–Crippen LogP) is 6.16. The zero-order valence-electron chi connectivity index (χ0n) is 17.8. The van der Waals surface area contributed by atoms with E-state index < -0.39 is 11.0 Å². The Bertz CT molecular complexity index is 1180. The van der Waals surface area contributed by atoms with Gasteiger partial charge in [-0.05, 0) is 18.4 Å². The Hall–Kier alpha value is -3.46. The fourth-order valence-electron chi connectivity index (χ4n) is 5.45. The van der Waals surface area contributed by atoms with Gasteiger partial charge in [-0.15, -0.1) is 0 Å². The minimum Gasteiger partial charge on any atom is -0.378 e. The Kier molecular flexibility index (Phi) is 4.62. The van der Waals surface area contributed by atoms with Crippen LogP contribution in [0.4, 0.5) is 0 Å². The Balaban J connectivity index is 1.86. The first-order chi connectivity index (χ1) is 15.2. The standard InChI is InChI=1S/C28H25NO2/c1-3-23-24(20-14-8-5-9-15-20)28(22-18-12-7-13-19-22)27(4-2,26(23)30)25(29-31-28)21-16-10-6-11-17-21/h5-19H,3-4H2,1-2H3/t27-,28+/m0/s1. The maximum absolute atomic E-state index is 14.3. The number of carbonyl (C=O) groups excluding carboxylic acids is 1. The van der Waals surface area contributed by atoms with Crippen LogP contribution in [0.25, 0.3) is 5.57 Å². The summed E-state index contributed by atoms with van der Waals surface area (Å²) in [7, 11) is 0. The van der Waals surface area contributed by atoms with Crippen molar-refractivity contribution in [3.05, 3.63) is 113 Å². The van der Waals surface area contributed by atoms with E-state index >= 15 is 0 Å². The van der Waals surface area contributed by atoms with Gasteiger partial charge in [0.05, 0.1) is 0 Å². The molecule has 0 spiro atoms. The van der Waals surface area contributed by atoms with Crippen LogP contribution in [0.2, 0.25) is 0 Å². The molecule has 0 amide bonds. The van der Waals surface area contributed by atoms with E-state index in [4.69, 9.17) is 4.84 Å². The highest BCUT2D eigenvalue weighted by Gasteiger charge is 2.72. The van der Waals surface area contributed by atoms with E-state index in [2.05, 4.69) is 43.3 Å². The van der Waals surface area contributed by atoms with Gasteiger partial charge in [-0.1, -0.05) is 110 Å². The molecule has 2 aliphatic rings. The lowest BCUT2D eigenvalue weighted by atomic mass is 9.61. The maximum atomic E-state index is 14.3. The molecule has 1 heterocycles. The highest BCUT2D eigenvalue weighted by atomic mass is 16.7. The van der Waals surface area contributed by atoms with E-state index in [0.717, 1.165) is 33.5 Å². The molecule has 3 aromatic rings. The van der Waals surface area contributed by atoms with Crippen LogP contribution in [0, 0.1) is 5.41 Å². The van der Waals surface area contributed by atoms with Gasteiger partial charge in [0.1, 0.15) is 11.1 Å². The first-order valence-corrected chi connectivity index (χ1v) is 10.9. The third-order valence-electron chi connectivity index (χ3n) is 6.77. The van der Waals surface area contributed by atoms with Crippen LogP contribution in [0.5, 0.6) is 0 Å². The van der Waals surface area contributed by atoms with E-state index in [1.807, 2.05) is 66.7 Å². The molecule has 2 atom stereocenters. The Morgan fingerprint density at radius 2 is 1.32 bits per heavy atom. The number of ketones is 1. The van der Waals surface area contributed by atoms with Gasteiger partial charge in [0, 0.05) is 22.3 Å². The molecule has 0 fully saturated rings. The zero-order valence-corrected chi connectivity index (χ0v) is 17.8. The smallest absolute Gasteiger partial charge is 0.207 e. The molecule has 0 saturated carbocycles. The number of benzene rings is 3. The fourth-order valence-corrected chi connectivity index (χ4v) is 5.45. The van der Waals surface area contributed by atoms with Crippen molar-refractivity contribution >= 4 is 17.1 Å². The number of carbonyl (C=O) groups is 1. The van der Waals surface area contributed by atoms with Crippen LogP contribution in [-0.2, 0) is 15.2 Å². The highest BCUT2D eigenvalue weighted by molar-refractivity contribution is 6.30. The number of nitrogens with zero attached hydrogens (tertiary/aromatic N) is 1. The lowest BCUT2D eigenvalue weighted by molar-refractivity contribution is -0.129. The van der Waals surface area contributed by atoms with Crippen molar-refractivity contribution in [2.45, 2.75) is 32.3 Å². The molecule has 1 aliphatic heterocycles. The Morgan fingerprint density at radius 3 is 1.87 bits per heavy atom. The van der Waals surface area contributed by atoms with Gasteiger partial charge in [-0.3, -0.25) is 4.79 Å². The molecule has 154 valence electrons. The predicted molar refractivity (Wildman–Crippen MR) is 124 cm³/mol. The summed E-state index contributed by atoms with van der Waals surface area (Å²) in [6.45, 7) is 4.13. The molecule has 0 aromatic heterocycles. The quantitative estimate of drug-likeness (QED) is 0.508.